The van der Waals surface area contributed by atoms with Crippen LogP contribution in [0.25, 0.3) is 10.9 Å². The minimum atomic E-state index is 0.252. The van der Waals surface area contributed by atoms with Gasteiger partial charge in [-0.2, -0.15) is 0 Å². The van der Waals surface area contributed by atoms with E-state index in [4.69, 9.17) is 4.74 Å². The number of para-hydroxylation sites is 1. The van der Waals surface area contributed by atoms with Crippen LogP contribution in [0, 0.1) is 0 Å². The lowest BCUT2D eigenvalue weighted by atomic mass is 9.93. The van der Waals surface area contributed by atoms with Gasteiger partial charge in [0, 0.05) is 29.6 Å². The minimum Gasteiger partial charge on any atom is -0.493 e. The van der Waals surface area contributed by atoms with E-state index in [0.717, 1.165) is 31.7 Å². The first-order valence-corrected chi connectivity index (χ1v) is 7.98. The maximum Gasteiger partial charge on any atom is 0.122 e. The second kappa shape index (κ2) is 4.62. The largest absolute Gasteiger partial charge is 0.493 e. The third kappa shape index (κ3) is 1.72. The standard InChI is InChI=1S/C19H18N2O/c1-2-4-16-14(3-1)15-7-9-20-18(19(15)21-16)13-5-6-17-12(11-13)8-10-22-17/h1-6,11,18,20-21H,7-10H2/t18-/m1/s1. The number of aromatic nitrogens is 1. The number of nitrogens with one attached hydrogen (secondary N) is 2. The summed E-state index contributed by atoms with van der Waals surface area (Å²) in [5.41, 5.74) is 6.70. The van der Waals surface area contributed by atoms with Gasteiger partial charge in [-0.15, -0.1) is 0 Å². The summed E-state index contributed by atoms with van der Waals surface area (Å²) in [5, 5.41) is 5.04. The first-order chi connectivity index (χ1) is 10.9. The number of aromatic amines is 1. The van der Waals surface area contributed by atoms with E-state index in [1.165, 1.54) is 33.3 Å². The van der Waals surface area contributed by atoms with Gasteiger partial charge in [-0.25, -0.2) is 0 Å². The molecular formula is C19H18N2O. The number of fused-ring (bicyclic) bond motifs is 4. The Morgan fingerprint density at radius 1 is 1.05 bits per heavy atom. The molecule has 22 heavy (non-hydrogen) atoms. The van der Waals surface area contributed by atoms with Gasteiger partial charge < -0.3 is 15.0 Å². The van der Waals surface area contributed by atoms with Crippen molar-refractivity contribution in [2.75, 3.05) is 13.2 Å². The fourth-order valence-corrected chi connectivity index (χ4v) is 3.85. The third-order valence-corrected chi connectivity index (χ3v) is 4.91. The van der Waals surface area contributed by atoms with Crippen molar-refractivity contribution in [3.8, 4) is 5.75 Å². The monoisotopic (exact) mass is 290 g/mol. The summed E-state index contributed by atoms with van der Waals surface area (Å²) in [6, 6.07) is 15.5. The third-order valence-electron chi connectivity index (χ3n) is 4.91. The summed E-state index contributed by atoms with van der Waals surface area (Å²) in [4.78, 5) is 3.64. The second-order valence-electron chi connectivity index (χ2n) is 6.17. The van der Waals surface area contributed by atoms with Gasteiger partial charge in [-0.05, 0) is 35.2 Å². The van der Waals surface area contributed by atoms with Crippen molar-refractivity contribution in [2.45, 2.75) is 18.9 Å². The molecule has 3 heterocycles. The van der Waals surface area contributed by atoms with E-state index in [1.54, 1.807) is 0 Å². The Bertz CT molecular complexity index is 865. The smallest absolute Gasteiger partial charge is 0.122 e. The molecule has 3 aromatic rings. The average Bonchev–Trinajstić information content (AvgIpc) is 3.18. The molecule has 110 valence electrons. The van der Waals surface area contributed by atoms with E-state index < -0.39 is 0 Å². The first-order valence-electron chi connectivity index (χ1n) is 7.98. The maximum atomic E-state index is 5.63. The lowest BCUT2D eigenvalue weighted by Gasteiger charge is -2.25. The minimum absolute atomic E-state index is 0.252. The summed E-state index contributed by atoms with van der Waals surface area (Å²) in [5.74, 6) is 1.05. The molecule has 5 rings (SSSR count). The Labute approximate surface area is 129 Å². The van der Waals surface area contributed by atoms with E-state index in [9.17, 15) is 0 Å². The van der Waals surface area contributed by atoms with E-state index in [1.807, 2.05) is 0 Å². The second-order valence-corrected chi connectivity index (χ2v) is 6.17. The molecule has 1 atom stereocenters. The van der Waals surface area contributed by atoms with Crippen LogP contribution in [0.2, 0.25) is 0 Å². The molecule has 2 aliphatic rings. The molecule has 0 aliphatic carbocycles. The fraction of sp³-hybridized carbons (Fsp3) is 0.263. The number of benzene rings is 2. The summed E-state index contributed by atoms with van der Waals surface area (Å²) in [6.07, 6.45) is 2.11. The molecule has 2 N–H and O–H groups in total. The van der Waals surface area contributed by atoms with Crippen LogP contribution >= 0.6 is 0 Å². The molecular weight excluding hydrogens is 272 g/mol. The molecule has 2 aromatic carbocycles. The maximum absolute atomic E-state index is 5.63. The number of hydrogen-bond acceptors (Lipinski definition) is 2. The zero-order valence-electron chi connectivity index (χ0n) is 12.4. The van der Waals surface area contributed by atoms with Crippen molar-refractivity contribution < 1.29 is 4.74 Å². The molecule has 1 aromatic heterocycles. The van der Waals surface area contributed by atoms with Gasteiger partial charge in [-0.1, -0.05) is 30.3 Å². The normalized spacial score (nSPS) is 19.7. The Balaban J connectivity index is 1.65. The summed E-state index contributed by atoms with van der Waals surface area (Å²) in [7, 11) is 0. The Morgan fingerprint density at radius 3 is 3.00 bits per heavy atom. The average molecular weight is 290 g/mol. The van der Waals surface area contributed by atoms with Crippen LogP contribution in [-0.2, 0) is 12.8 Å². The van der Waals surface area contributed by atoms with Crippen molar-refractivity contribution in [3.63, 3.8) is 0 Å². The number of H-pyrrole nitrogens is 1. The summed E-state index contributed by atoms with van der Waals surface area (Å²) >= 11 is 0. The van der Waals surface area contributed by atoms with E-state index in [2.05, 4.69) is 52.8 Å². The van der Waals surface area contributed by atoms with Gasteiger partial charge in [0.05, 0.1) is 12.6 Å². The van der Waals surface area contributed by atoms with E-state index >= 15 is 0 Å². The first kappa shape index (κ1) is 12.3. The Hall–Kier alpha value is -2.26. The SMILES string of the molecule is c1ccc2c3c([nH]c2c1)[C@@H](c1ccc2c(c1)CCO2)NCC3. The van der Waals surface area contributed by atoms with E-state index in [-0.39, 0.29) is 6.04 Å². The zero-order valence-corrected chi connectivity index (χ0v) is 12.4. The molecule has 0 saturated heterocycles. The molecule has 0 amide bonds. The van der Waals surface area contributed by atoms with E-state index in [0.29, 0.717) is 0 Å². The van der Waals surface area contributed by atoms with Crippen molar-refractivity contribution in [1.29, 1.82) is 0 Å². The molecule has 2 aliphatic heterocycles. The van der Waals surface area contributed by atoms with Crippen LogP contribution in [-0.4, -0.2) is 18.1 Å². The van der Waals surface area contributed by atoms with Crippen LogP contribution < -0.4 is 10.1 Å². The van der Waals surface area contributed by atoms with Crippen LogP contribution in [0.4, 0.5) is 0 Å². The molecule has 0 radical (unpaired) electrons. The van der Waals surface area contributed by atoms with Crippen molar-refractivity contribution in [1.82, 2.24) is 10.3 Å². The lowest BCUT2D eigenvalue weighted by molar-refractivity contribution is 0.356. The molecule has 3 nitrogen and oxygen atoms in total. The van der Waals surface area contributed by atoms with Crippen molar-refractivity contribution in [2.24, 2.45) is 0 Å². The van der Waals surface area contributed by atoms with Gasteiger partial charge in [0.2, 0.25) is 0 Å². The lowest BCUT2D eigenvalue weighted by Crippen LogP contribution is -2.30. The van der Waals surface area contributed by atoms with Gasteiger partial charge in [-0.3, -0.25) is 0 Å². The van der Waals surface area contributed by atoms with Gasteiger partial charge in [0.1, 0.15) is 5.75 Å². The predicted molar refractivity (Wildman–Crippen MR) is 87.5 cm³/mol. The van der Waals surface area contributed by atoms with Crippen LogP contribution in [0.5, 0.6) is 5.75 Å². The quantitative estimate of drug-likeness (QED) is 0.721. The van der Waals surface area contributed by atoms with Crippen LogP contribution in [0.15, 0.2) is 42.5 Å². The fourth-order valence-electron chi connectivity index (χ4n) is 3.85. The highest BCUT2D eigenvalue weighted by Gasteiger charge is 2.26. The summed E-state index contributed by atoms with van der Waals surface area (Å²) < 4.78 is 5.63. The number of ether oxygens (including phenoxy) is 1. The summed E-state index contributed by atoms with van der Waals surface area (Å²) in [6.45, 7) is 1.83. The highest BCUT2D eigenvalue weighted by molar-refractivity contribution is 5.85. The highest BCUT2D eigenvalue weighted by atomic mass is 16.5. The van der Waals surface area contributed by atoms with Crippen molar-refractivity contribution in [3.05, 3.63) is 64.8 Å². The van der Waals surface area contributed by atoms with Crippen LogP contribution in [0.1, 0.15) is 28.4 Å². The molecule has 0 saturated carbocycles. The number of rotatable bonds is 1. The Morgan fingerprint density at radius 2 is 2.00 bits per heavy atom. The zero-order chi connectivity index (χ0) is 14.5. The molecule has 0 unspecified atom stereocenters. The van der Waals surface area contributed by atoms with Gasteiger partial charge in [0.25, 0.3) is 0 Å². The van der Waals surface area contributed by atoms with Gasteiger partial charge >= 0.3 is 0 Å². The Kier molecular flexibility index (Phi) is 2.58. The topological polar surface area (TPSA) is 37.0 Å². The van der Waals surface area contributed by atoms with Crippen molar-refractivity contribution >= 4 is 10.9 Å². The van der Waals surface area contributed by atoms with Gasteiger partial charge in [0.15, 0.2) is 0 Å². The molecule has 0 bridgehead atoms. The number of hydrogen-bond donors (Lipinski definition) is 2. The molecule has 3 heteroatoms. The highest BCUT2D eigenvalue weighted by Crippen LogP contribution is 2.35. The molecule has 0 fully saturated rings. The van der Waals surface area contributed by atoms with Crippen LogP contribution in [0.3, 0.4) is 0 Å². The predicted octanol–water partition coefficient (Wildman–Crippen LogP) is 3.34. The molecule has 0 spiro atoms.